The number of nitrogens with one attached hydrogen (secondary N) is 1. The molecule has 1 amide bonds. The van der Waals surface area contributed by atoms with Crippen LogP contribution in [-0.2, 0) is 4.84 Å². The third-order valence-electron chi connectivity index (χ3n) is 0.146. The summed E-state index contributed by atoms with van der Waals surface area (Å²) in [5, 5.41) is 7.46. The molecular weight excluding hydrogens is 88.0 g/mol. The summed E-state index contributed by atoms with van der Waals surface area (Å²) in [7, 11) is 0. The minimum absolute atomic E-state index is 1.07. The lowest BCUT2D eigenvalue weighted by atomic mass is 11.3. The lowest BCUT2D eigenvalue weighted by Crippen LogP contribution is -2.21. The van der Waals surface area contributed by atoms with Gasteiger partial charge in [0.15, 0.2) is 0 Å². The predicted molar refractivity (Wildman–Crippen MR) is 15.6 cm³/mol. The van der Waals surface area contributed by atoms with Crippen molar-refractivity contribution in [2.75, 3.05) is 0 Å². The fraction of sp³-hybridized carbons (Fsp3) is 0. The molecule has 0 unspecified atom stereocenters. The number of hydrogen-bond acceptors (Lipinski definition) is 4. The van der Waals surface area contributed by atoms with Crippen molar-refractivity contribution >= 4 is 6.09 Å². The second-order valence-electron chi connectivity index (χ2n) is 0.512. The first-order valence-electron chi connectivity index (χ1n) is 1.12. The topological polar surface area (TPSA) is 84.6 Å². The predicted octanol–water partition coefficient (Wildman–Crippen LogP) is -1.02. The minimum atomic E-state index is -1.07. The zero-order valence-corrected chi connectivity index (χ0v) is 2.84. The normalized spacial score (nSPS) is 7.50. The number of primary amides is 1. The van der Waals surface area contributed by atoms with Crippen molar-refractivity contribution < 1.29 is 14.8 Å². The van der Waals surface area contributed by atoms with Crippen molar-refractivity contribution in [3.63, 3.8) is 0 Å². The first-order valence-corrected chi connectivity index (χ1v) is 1.12. The molecule has 0 spiro atoms. The molecule has 36 valence electrons. The van der Waals surface area contributed by atoms with Crippen LogP contribution in [0.1, 0.15) is 0 Å². The van der Waals surface area contributed by atoms with Crippen LogP contribution in [0.15, 0.2) is 0 Å². The van der Waals surface area contributed by atoms with E-state index in [-0.39, 0.29) is 0 Å². The van der Waals surface area contributed by atoms with Gasteiger partial charge in [-0.15, -0.1) is 0 Å². The van der Waals surface area contributed by atoms with Gasteiger partial charge >= 0.3 is 6.09 Å². The van der Waals surface area contributed by atoms with E-state index in [1.807, 2.05) is 0 Å². The molecule has 0 aromatic rings. The van der Waals surface area contributed by atoms with Crippen molar-refractivity contribution in [1.82, 2.24) is 5.64 Å². The maximum Gasteiger partial charge on any atom is 0.425 e. The molecule has 0 fully saturated rings. The molecule has 0 atom stereocenters. The third-order valence-corrected chi connectivity index (χ3v) is 0.146. The smallest absolute Gasteiger partial charge is 0.333 e. The van der Waals surface area contributed by atoms with Gasteiger partial charge < -0.3 is 10.6 Å². The Morgan fingerprint density at radius 3 is 2.50 bits per heavy atom. The summed E-state index contributed by atoms with van der Waals surface area (Å²) in [6, 6.07) is 0. The van der Waals surface area contributed by atoms with Crippen LogP contribution in [0, 0.1) is 0 Å². The van der Waals surface area contributed by atoms with Crippen LogP contribution in [0.25, 0.3) is 0 Å². The summed E-state index contributed by atoms with van der Waals surface area (Å²) < 4.78 is 0. The summed E-state index contributed by atoms with van der Waals surface area (Å²) in [5.41, 5.74) is 5.41. The Bertz CT molecular complexity index is 52.8. The van der Waals surface area contributed by atoms with Gasteiger partial charge in [0.05, 0.1) is 0 Å². The third kappa shape index (κ3) is 3.19. The Morgan fingerprint density at radius 2 is 2.50 bits per heavy atom. The molecule has 0 bridgehead atoms. The van der Waals surface area contributed by atoms with Gasteiger partial charge in [-0.25, -0.2) is 4.79 Å². The van der Waals surface area contributed by atoms with Crippen molar-refractivity contribution in [2.24, 2.45) is 5.73 Å². The molecule has 0 saturated heterocycles. The van der Waals surface area contributed by atoms with Crippen LogP contribution >= 0.6 is 0 Å². The van der Waals surface area contributed by atoms with E-state index in [0.717, 1.165) is 5.64 Å². The SMILES string of the molecule is NC(=O)ONO. The first kappa shape index (κ1) is 5.19. The second kappa shape index (κ2) is 2.43. The highest BCUT2D eigenvalue weighted by molar-refractivity contribution is 5.64. The van der Waals surface area contributed by atoms with Gasteiger partial charge in [-0.2, -0.15) is 0 Å². The lowest BCUT2D eigenvalue weighted by molar-refractivity contribution is -0.0741. The highest BCUT2D eigenvalue weighted by atomic mass is 16.9. The average Bonchev–Trinajstić information content (AvgIpc) is 1.35. The van der Waals surface area contributed by atoms with Crippen molar-refractivity contribution in [3.05, 3.63) is 0 Å². The van der Waals surface area contributed by atoms with E-state index >= 15 is 0 Å². The zero-order valence-electron chi connectivity index (χ0n) is 2.84. The van der Waals surface area contributed by atoms with E-state index in [2.05, 4.69) is 10.6 Å². The van der Waals surface area contributed by atoms with E-state index < -0.39 is 6.09 Å². The van der Waals surface area contributed by atoms with Crippen LogP contribution < -0.4 is 11.4 Å². The number of amides is 1. The largest absolute Gasteiger partial charge is 0.425 e. The van der Waals surface area contributed by atoms with Crippen LogP contribution in [-0.4, -0.2) is 11.3 Å². The molecule has 0 rings (SSSR count). The molecule has 0 radical (unpaired) electrons. The molecule has 0 saturated carbocycles. The van der Waals surface area contributed by atoms with E-state index in [4.69, 9.17) is 5.21 Å². The number of carbonyl (C=O) groups is 1. The zero-order chi connectivity index (χ0) is 4.99. The molecule has 0 aliphatic rings. The van der Waals surface area contributed by atoms with Crippen LogP contribution in [0.3, 0.4) is 0 Å². The monoisotopic (exact) mass is 92.0 g/mol. The Kier molecular flexibility index (Phi) is 2.10. The summed E-state index contributed by atoms with van der Waals surface area (Å²) in [6.07, 6.45) is -1.07. The van der Waals surface area contributed by atoms with Crippen LogP contribution in [0.5, 0.6) is 0 Å². The van der Waals surface area contributed by atoms with Crippen LogP contribution in [0.2, 0.25) is 0 Å². The molecule has 5 nitrogen and oxygen atoms in total. The standard InChI is InChI=1S/CH4N2O3/c2-1(4)6-3-5/h3,5H,(H2,2,4). The van der Waals surface area contributed by atoms with Crippen molar-refractivity contribution in [3.8, 4) is 0 Å². The van der Waals surface area contributed by atoms with Gasteiger partial charge in [0.25, 0.3) is 0 Å². The lowest BCUT2D eigenvalue weighted by Gasteiger charge is -1.88. The second-order valence-corrected chi connectivity index (χ2v) is 0.512. The van der Waals surface area contributed by atoms with Gasteiger partial charge in [-0.3, -0.25) is 5.21 Å². The fourth-order valence-corrected chi connectivity index (χ4v) is 0.0450. The Labute approximate surface area is 33.6 Å². The van der Waals surface area contributed by atoms with Gasteiger partial charge in [-0.1, -0.05) is 0 Å². The summed E-state index contributed by atoms with van der Waals surface area (Å²) in [4.78, 5) is 12.9. The molecule has 0 aliphatic heterocycles. The van der Waals surface area contributed by atoms with Gasteiger partial charge in [0.1, 0.15) is 0 Å². The summed E-state index contributed by atoms with van der Waals surface area (Å²) >= 11 is 0. The van der Waals surface area contributed by atoms with Crippen molar-refractivity contribution in [2.45, 2.75) is 0 Å². The van der Waals surface area contributed by atoms with Gasteiger partial charge in [-0.05, 0) is 5.64 Å². The molecule has 6 heavy (non-hydrogen) atoms. The Hall–Kier alpha value is -0.810. The molecule has 0 aliphatic carbocycles. The van der Waals surface area contributed by atoms with E-state index in [0.29, 0.717) is 0 Å². The molecule has 0 aromatic heterocycles. The molecular formula is CH4N2O3. The Balaban J connectivity index is 2.83. The molecule has 0 heterocycles. The molecule has 5 heteroatoms. The number of hydrogen-bond donors (Lipinski definition) is 3. The number of nitrogens with two attached hydrogens (primary N) is 1. The highest BCUT2D eigenvalue weighted by Crippen LogP contribution is 1.55. The number of carbonyl (C=O) groups excluding carboxylic acids is 1. The number of rotatable bonds is 1. The summed E-state index contributed by atoms with van der Waals surface area (Å²) in [6.45, 7) is 0. The maximum atomic E-state index is 9.38. The molecule has 0 aromatic carbocycles. The van der Waals surface area contributed by atoms with E-state index in [1.54, 1.807) is 0 Å². The van der Waals surface area contributed by atoms with Gasteiger partial charge in [0, 0.05) is 0 Å². The van der Waals surface area contributed by atoms with Crippen molar-refractivity contribution in [1.29, 1.82) is 0 Å². The maximum absolute atomic E-state index is 9.38. The minimum Gasteiger partial charge on any atom is -0.333 e. The first-order chi connectivity index (χ1) is 2.77. The fourth-order valence-electron chi connectivity index (χ4n) is 0.0450. The van der Waals surface area contributed by atoms with E-state index in [1.165, 1.54) is 0 Å². The van der Waals surface area contributed by atoms with Gasteiger partial charge in [0.2, 0.25) is 0 Å². The van der Waals surface area contributed by atoms with E-state index in [9.17, 15) is 4.79 Å². The summed E-state index contributed by atoms with van der Waals surface area (Å²) in [5.74, 6) is 0. The quantitative estimate of drug-likeness (QED) is 0.361. The Morgan fingerprint density at radius 1 is 2.00 bits per heavy atom. The van der Waals surface area contributed by atoms with Crippen LogP contribution in [0.4, 0.5) is 4.79 Å². The average molecular weight is 92.1 g/mol. The highest BCUT2D eigenvalue weighted by Gasteiger charge is 1.83. The molecule has 4 N–H and O–H groups in total.